The summed E-state index contributed by atoms with van der Waals surface area (Å²) >= 11 is 0. The average Bonchev–Trinajstić information content (AvgIpc) is 2.93. The Morgan fingerprint density at radius 2 is 2.04 bits per heavy atom. The highest BCUT2D eigenvalue weighted by atomic mass is 16.2. The van der Waals surface area contributed by atoms with Crippen LogP contribution in [0.4, 0.5) is 0 Å². The second kappa shape index (κ2) is 5.70. The summed E-state index contributed by atoms with van der Waals surface area (Å²) in [7, 11) is 0. The molecule has 0 bridgehead atoms. The molecule has 0 aliphatic carbocycles. The maximum Gasteiger partial charge on any atom is 0.297 e. The number of rotatable bonds is 4. The lowest BCUT2D eigenvalue weighted by Gasteiger charge is -2.24. The third-order valence-electron chi connectivity index (χ3n) is 4.19. The van der Waals surface area contributed by atoms with E-state index in [1.807, 2.05) is 20.8 Å². The Kier molecular flexibility index (Phi) is 3.82. The summed E-state index contributed by atoms with van der Waals surface area (Å²) in [6.45, 7) is 7.55. The molecule has 8 heteroatoms. The van der Waals surface area contributed by atoms with Crippen LogP contribution in [0, 0.1) is 6.92 Å². The van der Waals surface area contributed by atoms with Crippen LogP contribution in [0.2, 0.25) is 0 Å². The quantitative estimate of drug-likeness (QED) is 0.772. The molecule has 3 aromatic rings. The van der Waals surface area contributed by atoms with Crippen molar-refractivity contribution in [3.05, 3.63) is 34.5 Å². The molecule has 8 nitrogen and oxygen atoms in total. The van der Waals surface area contributed by atoms with Gasteiger partial charge in [-0.2, -0.15) is 0 Å². The summed E-state index contributed by atoms with van der Waals surface area (Å²) < 4.78 is 3.01. The number of carbonyl (C=O) groups excluding carboxylic acids is 1. The third kappa shape index (κ3) is 2.64. The molecule has 24 heavy (non-hydrogen) atoms. The molecule has 1 N–H and O–H groups in total. The number of carbonyl (C=O) groups is 1. The van der Waals surface area contributed by atoms with Crippen molar-refractivity contribution in [2.75, 3.05) is 0 Å². The summed E-state index contributed by atoms with van der Waals surface area (Å²) in [5.41, 5.74) is 0.603. The smallest absolute Gasteiger partial charge is 0.297 e. The zero-order chi connectivity index (χ0) is 17.5. The Morgan fingerprint density at radius 3 is 2.75 bits per heavy atom. The molecule has 0 aliphatic rings. The minimum Gasteiger partial charge on any atom is -0.350 e. The van der Waals surface area contributed by atoms with Gasteiger partial charge in [-0.1, -0.05) is 6.92 Å². The lowest BCUT2D eigenvalue weighted by atomic mass is 10.0. The van der Waals surface area contributed by atoms with Crippen LogP contribution in [0.25, 0.3) is 16.8 Å². The van der Waals surface area contributed by atoms with Crippen LogP contribution in [-0.4, -0.2) is 35.6 Å². The number of aryl methyl sites for hydroxylation is 1. The molecule has 3 heterocycles. The molecule has 1 amide bonds. The molecule has 126 valence electrons. The molecule has 0 saturated heterocycles. The molecular weight excluding hydrogens is 308 g/mol. The minimum atomic E-state index is -0.361. The first-order chi connectivity index (χ1) is 11.3. The molecule has 0 spiro atoms. The predicted molar refractivity (Wildman–Crippen MR) is 89.8 cm³/mol. The SMILES string of the molecule is CCC(C)(C)NC(=O)Cn1c(=O)c2nnc(C)n2c2ncccc21. The van der Waals surface area contributed by atoms with Crippen LogP contribution in [-0.2, 0) is 11.3 Å². The number of amides is 1. The predicted octanol–water partition coefficient (Wildman–Crippen LogP) is 1.05. The van der Waals surface area contributed by atoms with Crippen LogP contribution in [0.5, 0.6) is 0 Å². The fraction of sp³-hybridized carbons (Fsp3) is 0.438. The summed E-state index contributed by atoms with van der Waals surface area (Å²) in [5.74, 6) is 0.351. The van der Waals surface area contributed by atoms with E-state index in [1.165, 1.54) is 4.57 Å². The number of pyridine rings is 1. The molecule has 0 radical (unpaired) electrons. The van der Waals surface area contributed by atoms with E-state index in [4.69, 9.17) is 0 Å². The van der Waals surface area contributed by atoms with E-state index in [2.05, 4.69) is 20.5 Å². The van der Waals surface area contributed by atoms with Gasteiger partial charge in [-0.05, 0) is 39.3 Å². The van der Waals surface area contributed by atoms with Gasteiger partial charge in [0.05, 0.1) is 5.52 Å². The van der Waals surface area contributed by atoms with Crippen LogP contribution in [0.3, 0.4) is 0 Å². The molecule has 0 unspecified atom stereocenters. The number of hydrogen-bond acceptors (Lipinski definition) is 5. The lowest BCUT2D eigenvalue weighted by molar-refractivity contribution is -0.123. The second-order valence-corrected chi connectivity index (χ2v) is 6.43. The van der Waals surface area contributed by atoms with Gasteiger partial charge in [0.15, 0.2) is 5.65 Å². The standard InChI is InChI=1S/C16H20N6O2/c1-5-16(3,4)18-12(23)9-21-11-7-6-8-17-13(11)22-10(2)19-20-14(22)15(21)24/h6-8H,5,9H2,1-4H3,(H,18,23). The van der Waals surface area contributed by atoms with Crippen LogP contribution in [0.1, 0.15) is 33.0 Å². The van der Waals surface area contributed by atoms with E-state index in [0.717, 1.165) is 6.42 Å². The third-order valence-corrected chi connectivity index (χ3v) is 4.19. The van der Waals surface area contributed by atoms with E-state index in [0.29, 0.717) is 17.0 Å². The van der Waals surface area contributed by atoms with Crippen LogP contribution >= 0.6 is 0 Å². The van der Waals surface area contributed by atoms with E-state index < -0.39 is 0 Å². The first kappa shape index (κ1) is 16.1. The van der Waals surface area contributed by atoms with Crippen molar-refractivity contribution >= 4 is 22.7 Å². The van der Waals surface area contributed by atoms with Crippen molar-refractivity contribution in [1.29, 1.82) is 0 Å². The Morgan fingerprint density at radius 1 is 1.29 bits per heavy atom. The zero-order valence-electron chi connectivity index (χ0n) is 14.2. The highest BCUT2D eigenvalue weighted by Gasteiger charge is 2.21. The molecule has 0 saturated carbocycles. The zero-order valence-corrected chi connectivity index (χ0v) is 14.2. The van der Waals surface area contributed by atoms with Gasteiger partial charge in [0.25, 0.3) is 5.56 Å². The molecule has 0 aromatic carbocycles. The first-order valence-electron chi connectivity index (χ1n) is 7.84. The van der Waals surface area contributed by atoms with Crippen LogP contribution < -0.4 is 10.9 Å². The Labute approximate surface area is 138 Å². The normalized spacial score (nSPS) is 12.0. The van der Waals surface area contributed by atoms with E-state index >= 15 is 0 Å². The Hall–Kier alpha value is -2.77. The minimum absolute atomic E-state index is 0.0904. The van der Waals surface area contributed by atoms with Gasteiger partial charge in [-0.3, -0.25) is 18.6 Å². The summed E-state index contributed by atoms with van der Waals surface area (Å²) in [6.07, 6.45) is 2.43. The summed E-state index contributed by atoms with van der Waals surface area (Å²) in [4.78, 5) is 29.5. The van der Waals surface area contributed by atoms with E-state index in [9.17, 15) is 9.59 Å². The lowest BCUT2D eigenvalue weighted by Crippen LogP contribution is -2.45. The highest BCUT2D eigenvalue weighted by Crippen LogP contribution is 2.13. The molecule has 3 aromatic heterocycles. The van der Waals surface area contributed by atoms with Gasteiger partial charge in [0, 0.05) is 11.7 Å². The van der Waals surface area contributed by atoms with Gasteiger partial charge in [-0.25, -0.2) is 4.98 Å². The number of aromatic nitrogens is 5. The number of hydrogen-bond donors (Lipinski definition) is 1. The maximum atomic E-state index is 12.8. The van der Waals surface area contributed by atoms with Gasteiger partial charge >= 0.3 is 0 Å². The Balaban J connectivity index is 2.15. The Bertz CT molecular complexity index is 985. The van der Waals surface area contributed by atoms with Gasteiger partial charge in [-0.15, -0.1) is 10.2 Å². The molecule has 0 fully saturated rings. The van der Waals surface area contributed by atoms with Crippen molar-refractivity contribution in [2.24, 2.45) is 0 Å². The molecule has 0 atom stereocenters. The second-order valence-electron chi connectivity index (χ2n) is 6.43. The monoisotopic (exact) mass is 328 g/mol. The molecule has 0 aliphatic heterocycles. The van der Waals surface area contributed by atoms with Crippen molar-refractivity contribution in [3.63, 3.8) is 0 Å². The number of nitrogens with zero attached hydrogens (tertiary/aromatic N) is 5. The summed E-state index contributed by atoms with van der Waals surface area (Å²) in [6, 6.07) is 3.50. The number of nitrogens with one attached hydrogen (secondary N) is 1. The van der Waals surface area contributed by atoms with Gasteiger partial charge in [0.2, 0.25) is 11.6 Å². The summed E-state index contributed by atoms with van der Waals surface area (Å²) in [5, 5.41) is 10.8. The maximum absolute atomic E-state index is 12.8. The van der Waals surface area contributed by atoms with E-state index in [1.54, 1.807) is 29.7 Å². The van der Waals surface area contributed by atoms with Crippen molar-refractivity contribution < 1.29 is 4.79 Å². The van der Waals surface area contributed by atoms with Crippen molar-refractivity contribution in [1.82, 2.24) is 29.5 Å². The fourth-order valence-corrected chi connectivity index (χ4v) is 2.56. The van der Waals surface area contributed by atoms with Crippen LogP contribution in [0.15, 0.2) is 23.1 Å². The largest absolute Gasteiger partial charge is 0.350 e. The topological polar surface area (TPSA) is 94.2 Å². The highest BCUT2D eigenvalue weighted by molar-refractivity contribution is 5.80. The van der Waals surface area contributed by atoms with Gasteiger partial charge < -0.3 is 5.32 Å². The first-order valence-corrected chi connectivity index (χ1v) is 7.84. The fourth-order valence-electron chi connectivity index (χ4n) is 2.56. The molecule has 3 rings (SSSR count). The van der Waals surface area contributed by atoms with Crippen molar-refractivity contribution in [2.45, 2.75) is 46.2 Å². The molecular formula is C16H20N6O2. The van der Waals surface area contributed by atoms with E-state index in [-0.39, 0.29) is 29.2 Å². The van der Waals surface area contributed by atoms with Crippen molar-refractivity contribution in [3.8, 4) is 0 Å². The average molecular weight is 328 g/mol. The van der Waals surface area contributed by atoms with Gasteiger partial charge in [0.1, 0.15) is 12.4 Å². The number of fused-ring (bicyclic) bond motifs is 3.